The third kappa shape index (κ3) is 5.38. The Labute approximate surface area is 257 Å². The molecule has 0 aliphatic carbocycles. The minimum Gasteiger partial charge on any atom is -0.369 e. The van der Waals surface area contributed by atoms with Crippen molar-refractivity contribution in [1.82, 2.24) is 39.7 Å². The Morgan fingerprint density at radius 1 is 1.00 bits per heavy atom. The quantitative estimate of drug-likeness (QED) is 0.235. The topological polar surface area (TPSA) is 136 Å². The molecule has 1 unspecified atom stereocenters. The van der Waals surface area contributed by atoms with Gasteiger partial charge >= 0.3 is 0 Å². The maximum Gasteiger partial charge on any atom is 0.255 e. The fraction of sp³-hybridized carbons (Fsp3) is 0.333. The van der Waals surface area contributed by atoms with E-state index >= 15 is 0 Å². The highest BCUT2D eigenvalue weighted by Gasteiger charge is 2.31. The van der Waals surface area contributed by atoms with Gasteiger partial charge in [0.25, 0.3) is 5.91 Å². The van der Waals surface area contributed by atoms with Crippen LogP contribution in [0.2, 0.25) is 10.0 Å². The van der Waals surface area contributed by atoms with E-state index in [0.29, 0.717) is 70.6 Å². The average molecular weight is 619 g/mol. The van der Waals surface area contributed by atoms with E-state index in [1.54, 1.807) is 24.5 Å². The van der Waals surface area contributed by atoms with Crippen molar-refractivity contribution in [3.8, 4) is 0 Å². The summed E-state index contributed by atoms with van der Waals surface area (Å²) < 4.78 is 0. The van der Waals surface area contributed by atoms with E-state index in [1.807, 2.05) is 21.9 Å². The Hall–Kier alpha value is -4.22. The molecule has 3 N–H and O–H groups in total. The fourth-order valence-electron chi connectivity index (χ4n) is 5.97. The van der Waals surface area contributed by atoms with Crippen LogP contribution in [0.4, 0.5) is 5.82 Å². The van der Waals surface area contributed by atoms with Crippen LogP contribution >= 0.6 is 23.2 Å². The highest BCUT2D eigenvalue weighted by molar-refractivity contribution is 6.35. The Morgan fingerprint density at radius 2 is 1.86 bits per heavy atom. The highest BCUT2D eigenvalue weighted by atomic mass is 35.5. The predicted octanol–water partition coefficient (Wildman–Crippen LogP) is 4.94. The highest BCUT2D eigenvalue weighted by Crippen LogP contribution is 2.30. The molecule has 0 bridgehead atoms. The molecule has 2 aromatic carbocycles. The summed E-state index contributed by atoms with van der Waals surface area (Å²) in [6.45, 7) is 2.96. The van der Waals surface area contributed by atoms with Gasteiger partial charge in [0, 0.05) is 43.0 Å². The van der Waals surface area contributed by atoms with Crippen LogP contribution < -0.4 is 5.32 Å². The van der Waals surface area contributed by atoms with Crippen molar-refractivity contribution in [3.05, 3.63) is 75.8 Å². The van der Waals surface area contributed by atoms with E-state index in [-0.39, 0.29) is 11.8 Å². The second-order valence-electron chi connectivity index (χ2n) is 11.0. The Bertz CT molecular complexity index is 1850. The molecule has 0 spiro atoms. The third-order valence-electron chi connectivity index (χ3n) is 8.25. The van der Waals surface area contributed by atoms with E-state index < -0.39 is 5.92 Å². The van der Waals surface area contributed by atoms with Gasteiger partial charge in [-0.25, -0.2) is 19.9 Å². The zero-order valence-electron chi connectivity index (χ0n) is 23.2. The lowest BCUT2D eigenvalue weighted by Gasteiger charge is -2.29. The molecule has 0 saturated carbocycles. The van der Waals surface area contributed by atoms with Crippen molar-refractivity contribution in [2.24, 2.45) is 0 Å². The largest absolute Gasteiger partial charge is 0.369 e. The summed E-state index contributed by atoms with van der Waals surface area (Å²) in [6, 6.07) is 8.91. The standard InChI is InChI=1S/C30H29Cl2N9O2/c31-17-3-4-23-25(11-17)39-28(38-23)18(29(42)41-10-6-22-26(14-41)36-15-34-22)5-7-33-27-20-12-21(32)19(13-24(20)35-16-37-27)30(43)40-8-1-2-9-40/h3-4,11-13,15-16,18H,1-2,5-10,14H2,(H,34,36)(H,38,39)(H,33,35,37). The molecule has 2 aliphatic rings. The molecule has 1 saturated heterocycles. The van der Waals surface area contributed by atoms with Gasteiger partial charge in [-0.2, -0.15) is 0 Å². The summed E-state index contributed by atoms with van der Waals surface area (Å²) in [5.41, 5.74) is 4.54. The Balaban J connectivity index is 1.13. The monoisotopic (exact) mass is 617 g/mol. The number of benzene rings is 2. The maximum atomic E-state index is 14.0. The maximum absolute atomic E-state index is 14.0. The number of nitrogens with one attached hydrogen (secondary N) is 3. The number of fused-ring (bicyclic) bond motifs is 3. The van der Waals surface area contributed by atoms with Crippen LogP contribution in [0, 0.1) is 0 Å². The summed E-state index contributed by atoms with van der Waals surface area (Å²) in [5.74, 6) is 0.526. The van der Waals surface area contributed by atoms with E-state index in [0.717, 1.165) is 48.4 Å². The Kier molecular flexibility index (Phi) is 7.36. The van der Waals surface area contributed by atoms with Gasteiger partial charge in [-0.3, -0.25) is 9.59 Å². The molecule has 0 radical (unpaired) electrons. The van der Waals surface area contributed by atoms with E-state index in [4.69, 9.17) is 28.2 Å². The number of carbonyl (C=O) groups excluding carboxylic acids is 2. The van der Waals surface area contributed by atoms with Crippen LogP contribution in [0.3, 0.4) is 0 Å². The number of nitrogens with zero attached hydrogens (tertiary/aromatic N) is 6. The van der Waals surface area contributed by atoms with Crippen molar-refractivity contribution < 1.29 is 9.59 Å². The molecule has 5 heterocycles. The van der Waals surface area contributed by atoms with Crippen LogP contribution in [-0.2, 0) is 17.8 Å². The van der Waals surface area contributed by atoms with Gasteiger partial charge in [0.05, 0.1) is 57.3 Å². The molecule has 1 fully saturated rings. The molecule has 1 atom stereocenters. The van der Waals surface area contributed by atoms with Crippen molar-refractivity contribution in [3.63, 3.8) is 0 Å². The first-order chi connectivity index (χ1) is 20.9. The number of amides is 2. The summed E-state index contributed by atoms with van der Waals surface area (Å²) in [6.07, 6.45) is 6.28. The van der Waals surface area contributed by atoms with Crippen LogP contribution in [0.5, 0.6) is 0 Å². The number of hydrogen-bond donors (Lipinski definition) is 3. The summed E-state index contributed by atoms with van der Waals surface area (Å²) >= 11 is 12.8. The number of H-pyrrole nitrogens is 2. The fourth-order valence-corrected chi connectivity index (χ4v) is 6.39. The minimum atomic E-state index is -0.537. The molecule has 3 aromatic heterocycles. The zero-order valence-corrected chi connectivity index (χ0v) is 24.8. The van der Waals surface area contributed by atoms with E-state index in [1.165, 1.54) is 6.33 Å². The van der Waals surface area contributed by atoms with Crippen molar-refractivity contribution >= 4 is 62.8 Å². The van der Waals surface area contributed by atoms with Crippen LogP contribution in [-0.4, -0.2) is 77.7 Å². The molecular weight excluding hydrogens is 589 g/mol. The number of aromatic amines is 2. The smallest absolute Gasteiger partial charge is 0.255 e. The third-order valence-corrected chi connectivity index (χ3v) is 8.80. The molecule has 5 aromatic rings. The molecule has 43 heavy (non-hydrogen) atoms. The number of carbonyl (C=O) groups is 2. The lowest BCUT2D eigenvalue weighted by Crippen LogP contribution is -2.39. The van der Waals surface area contributed by atoms with Crippen molar-refractivity contribution in [1.29, 1.82) is 0 Å². The Morgan fingerprint density at radius 3 is 2.72 bits per heavy atom. The number of aromatic nitrogens is 6. The molecule has 11 nitrogen and oxygen atoms in total. The number of rotatable bonds is 7. The van der Waals surface area contributed by atoms with Gasteiger partial charge in [-0.05, 0) is 49.6 Å². The number of anilines is 1. The minimum absolute atomic E-state index is 0.0205. The number of hydrogen-bond acceptors (Lipinski definition) is 7. The predicted molar refractivity (Wildman–Crippen MR) is 164 cm³/mol. The summed E-state index contributed by atoms with van der Waals surface area (Å²) in [7, 11) is 0. The molecular formula is C30H29Cl2N9O2. The molecule has 2 aliphatic heterocycles. The lowest BCUT2D eigenvalue weighted by molar-refractivity contribution is -0.134. The van der Waals surface area contributed by atoms with Gasteiger partial charge < -0.3 is 25.1 Å². The van der Waals surface area contributed by atoms with Gasteiger partial charge in [0.2, 0.25) is 5.91 Å². The molecule has 2 amide bonds. The van der Waals surface area contributed by atoms with Crippen molar-refractivity contribution in [2.45, 2.75) is 38.1 Å². The van der Waals surface area contributed by atoms with Crippen LogP contribution in [0.15, 0.2) is 43.0 Å². The first-order valence-corrected chi connectivity index (χ1v) is 15.1. The molecule has 220 valence electrons. The summed E-state index contributed by atoms with van der Waals surface area (Å²) in [5, 5.41) is 5.03. The van der Waals surface area contributed by atoms with Gasteiger partial charge in [0.1, 0.15) is 18.0 Å². The van der Waals surface area contributed by atoms with Crippen LogP contribution in [0.25, 0.3) is 21.9 Å². The first kappa shape index (κ1) is 27.6. The first-order valence-electron chi connectivity index (χ1n) is 14.4. The second-order valence-corrected chi connectivity index (χ2v) is 11.8. The van der Waals surface area contributed by atoms with Crippen LogP contribution in [0.1, 0.15) is 52.8 Å². The number of halogens is 2. The van der Waals surface area contributed by atoms with Gasteiger partial charge in [-0.15, -0.1) is 0 Å². The average Bonchev–Trinajstić information content (AvgIpc) is 3.79. The zero-order chi connectivity index (χ0) is 29.5. The van der Waals surface area contributed by atoms with Crippen molar-refractivity contribution in [2.75, 3.05) is 31.5 Å². The summed E-state index contributed by atoms with van der Waals surface area (Å²) in [4.78, 5) is 55.2. The molecule has 13 heteroatoms. The normalized spacial score (nSPS) is 15.7. The molecule has 7 rings (SSSR count). The second kappa shape index (κ2) is 11.5. The SMILES string of the molecule is O=C(c1cc2ncnc(NCCC(C(=O)N3CCc4nc[nH]c4C3)c3nc4ccc(Cl)cc4[nH]3)c2cc1Cl)N1CCCC1. The van der Waals surface area contributed by atoms with E-state index in [9.17, 15) is 9.59 Å². The van der Waals surface area contributed by atoms with Gasteiger partial charge in [-0.1, -0.05) is 23.2 Å². The van der Waals surface area contributed by atoms with Gasteiger partial charge in [0.15, 0.2) is 0 Å². The number of likely N-dealkylation sites (tertiary alicyclic amines) is 1. The lowest BCUT2D eigenvalue weighted by atomic mass is 10.0. The number of imidazole rings is 2. The van der Waals surface area contributed by atoms with E-state index in [2.05, 4.69) is 30.2 Å².